The number of carboxylic acids is 1. The summed E-state index contributed by atoms with van der Waals surface area (Å²) in [4.78, 5) is 78.6. The van der Waals surface area contributed by atoms with Gasteiger partial charge in [-0.05, 0) is 42.7 Å². The number of piperazine rings is 1. The smallest absolute Gasteiger partial charge is 0.534 e. The second-order valence-corrected chi connectivity index (χ2v) is 12.8. The molecule has 3 aromatic carbocycles. The van der Waals surface area contributed by atoms with Crippen LogP contribution in [-0.2, 0) is 20.8 Å². The highest BCUT2D eigenvalue weighted by molar-refractivity contribution is 6.47. The number of aromatic hydroxyl groups is 3. The number of carboxylic acid groups (broad SMARTS) is 1. The molecule has 6 amide bonds. The van der Waals surface area contributed by atoms with Gasteiger partial charge in [0.1, 0.15) is 23.2 Å². The number of carbonyl (C=O) groups is 6. The zero-order valence-corrected chi connectivity index (χ0v) is 29.3. The third kappa shape index (κ3) is 8.13. The average Bonchev–Trinajstić information content (AvgIpc) is 3.13. The van der Waals surface area contributed by atoms with E-state index in [4.69, 9.17) is 27.9 Å². The Labute approximate surface area is 317 Å². The Morgan fingerprint density at radius 3 is 2.31 bits per heavy atom. The van der Waals surface area contributed by atoms with Crippen molar-refractivity contribution in [1.82, 2.24) is 25.8 Å². The average molecular weight is 812 g/mol. The predicted molar refractivity (Wildman–Crippen MR) is 182 cm³/mol. The highest BCUT2D eigenvalue weighted by Gasteiger charge is 2.42. The Morgan fingerprint density at radius 2 is 1.62 bits per heavy atom. The monoisotopic (exact) mass is 811 g/mol. The number of phenolic OH excluding ortho intramolecular Hbond substituents is 3. The van der Waals surface area contributed by atoms with Crippen LogP contribution >= 0.6 is 23.2 Å². The van der Waals surface area contributed by atoms with Gasteiger partial charge in [-0.3, -0.25) is 24.1 Å². The number of rotatable bonds is 10. The summed E-state index contributed by atoms with van der Waals surface area (Å²) in [5.41, 5.74) is -1.71. The van der Waals surface area contributed by atoms with Crippen molar-refractivity contribution in [2.24, 2.45) is 0 Å². The topological polar surface area (TPSA) is 255 Å². The molecule has 1 fully saturated rings. The minimum Gasteiger partial charge on any atom is -0.534 e. The van der Waals surface area contributed by atoms with Gasteiger partial charge in [-0.15, -0.1) is 0 Å². The lowest BCUT2D eigenvalue weighted by molar-refractivity contribution is -0.153. The number of halogens is 5. The van der Waals surface area contributed by atoms with Gasteiger partial charge in [0.2, 0.25) is 5.91 Å². The Balaban J connectivity index is 1.27. The van der Waals surface area contributed by atoms with Crippen molar-refractivity contribution in [3.8, 4) is 23.0 Å². The number of amides is 6. The molecule has 8 N–H and O–H groups in total. The molecule has 0 bridgehead atoms. The van der Waals surface area contributed by atoms with Crippen LogP contribution in [-0.4, -0.2) is 110 Å². The maximum atomic E-state index is 14.6. The van der Waals surface area contributed by atoms with Gasteiger partial charge in [-0.25, -0.2) is 22.8 Å². The first kappa shape index (κ1) is 40.3. The Kier molecular flexibility index (Phi) is 11.9. The summed E-state index contributed by atoms with van der Waals surface area (Å²) in [6.07, 6.45) is -0.263. The fourth-order valence-corrected chi connectivity index (χ4v) is 6.20. The molecular weight excluding hydrogens is 785 g/mol. The van der Waals surface area contributed by atoms with E-state index in [0.29, 0.717) is 11.0 Å². The van der Waals surface area contributed by atoms with E-state index in [9.17, 15) is 67.4 Å². The molecule has 1 saturated heterocycles. The molecular formula is C32H27BCl2F3N5O12. The third-order valence-electron chi connectivity index (χ3n) is 8.54. The number of aromatic carboxylic acids is 1. The lowest BCUT2D eigenvalue weighted by atomic mass is 9.72. The number of urea groups is 1. The molecule has 2 heterocycles. The number of imide groups is 1. The van der Waals surface area contributed by atoms with Crippen LogP contribution in [0, 0.1) is 17.5 Å². The predicted octanol–water partition coefficient (Wildman–Crippen LogP) is 1.61. The van der Waals surface area contributed by atoms with E-state index in [1.54, 1.807) is 0 Å². The molecule has 55 heavy (non-hydrogen) atoms. The molecule has 0 saturated carbocycles. The highest BCUT2D eigenvalue weighted by Crippen LogP contribution is 2.41. The molecule has 5 rings (SSSR count). The number of benzene rings is 3. The zero-order chi connectivity index (χ0) is 40.5. The van der Waals surface area contributed by atoms with Gasteiger partial charge in [0.15, 0.2) is 28.9 Å². The summed E-state index contributed by atoms with van der Waals surface area (Å²) >= 11 is 11.9. The number of hydrogen-bond donors (Lipinski definition) is 8. The van der Waals surface area contributed by atoms with E-state index in [-0.39, 0.29) is 43.6 Å². The molecule has 2 aliphatic heterocycles. The molecule has 3 aromatic rings. The Bertz CT molecular complexity index is 2130. The van der Waals surface area contributed by atoms with Crippen molar-refractivity contribution in [3.05, 3.63) is 80.1 Å². The molecule has 1 unspecified atom stereocenters. The normalized spacial score (nSPS) is 15.9. The van der Waals surface area contributed by atoms with Gasteiger partial charge in [-0.2, -0.15) is 0 Å². The molecule has 2 atom stereocenters. The van der Waals surface area contributed by atoms with Crippen LogP contribution in [0.15, 0.2) is 30.3 Å². The van der Waals surface area contributed by atoms with Gasteiger partial charge in [0.25, 0.3) is 5.91 Å². The first-order chi connectivity index (χ1) is 25.9. The largest absolute Gasteiger partial charge is 0.547 e. The first-order valence-electron chi connectivity index (χ1n) is 15.9. The molecule has 0 spiro atoms. The summed E-state index contributed by atoms with van der Waals surface area (Å²) in [6.45, 7) is -0.809. The summed E-state index contributed by atoms with van der Waals surface area (Å²) in [6, 6.07) is 0.869. The maximum absolute atomic E-state index is 14.6. The molecule has 0 aliphatic carbocycles. The van der Waals surface area contributed by atoms with Crippen LogP contribution in [0.1, 0.15) is 44.3 Å². The maximum Gasteiger partial charge on any atom is 0.547 e. The quantitative estimate of drug-likeness (QED) is 0.0629. The van der Waals surface area contributed by atoms with Crippen LogP contribution in [0.25, 0.3) is 0 Å². The molecule has 2 aliphatic rings. The lowest BCUT2D eigenvalue weighted by Gasteiger charge is -2.34. The fraction of sp³-hybridized carbons (Fsp3) is 0.250. The number of fused-ring (bicyclic) bond motifs is 1. The first-order valence-corrected chi connectivity index (χ1v) is 16.6. The van der Waals surface area contributed by atoms with Crippen molar-refractivity contribution in [2.75, 3.05) is 26.2 Å². The van der Waals surface area contributed by atoms with Gasteiger partial charge in [0, 0.05) is 31.7 Å². The SMILES string of the molecule is O=C(NCCCN1CCN(C(=O)NC(C(=O)N[C@H]2Cc3ccc(F)c(C(=O)O)c3OB2O)c2cc(F)c(O)c(O)c2Cl)C(=O)C1=O)c1ccc(F)c(O)c1Cl. The van der Waals surface area contributed by atoms with E-state index in [2.05, 4.69) is 16.0 Å². The van der Waals surface area contributed by atoms with Crippen LogP contribution in [0.2, 0.25) is 10.0 Å². The van der Waals surface area contributed by atoms with E-state index in [1.165, 1.54) is 0 Å². The number of nitrogens with one attached hydrogen (secondary N) is 3. The number of carbonyl (C=O) groups excluding carboxylic acids is 5. The van der Waals surface area contributed by atoms with Gasteiger partial charge in [0.05, 0.1) is 21.5 Å². The van der Waals surface area contributed by atoms with Gasteiger partial charge in [-0.1, -0.05) is 29.3 Å². The van der Waals surface area contributed by atoms with E-state index < -0.39 is 123 Å². The van der Waals surface area contributed by atoms with Crippen molar-refractivity contribution >= 4 is 65.9 Å². The molecule has 290 valence electrons. The molecule has 23 heteroatoms. The second-order valence-electron chi connectivity index (χ2n) is 12.0. The van der Waals surface area contributed by atoms with E-state index >= 15 is 0 Å². The Morgan fingerprint density at radius 1 is 0.927 bits per heavy atom. The highest BCUT2D eigenvalue weighted by atomic mass is 35.5. The Hall–Kier alpha value is -5.93. The summed E-state index contributed by atoms with van der Waals surface area (Å²) in [7, 11) is -2.00. The zero-order valence-electron chi connectivity index (χ0n) is 27.7. The van der Waals surface area contributed by atoms with Crippen LogP contribution < -0.4 is 20.6 Å². The lowest BCUT2D eigenvalue weighted by Crippen LogP contribution is -2.60. The van der Waals surface area contributed by atoms with Crippen LogP contribution in [0.3, 0.4) is 0 Å². The summed E-state index contributed by atoms with van der Waals surface area (Å²) < 4.78 is 47.4. The van der Waals surface area contributed by atoms with E-state index in [0.717, 1.165) is 29.2 Å². The fourth-order valence-electron chi connectivity index (χ4n) is 5.71. The number of phenols is 3. The van der Waals surface area contributed by atoms with Crippen molar-refractivity contribution in [2.45, 2.75) is 24.8 Å². The second kappa shape index (κ2) is 16.2. The number of hydrogen-bond acceptors (Lipinski definition) is 11. The third-order valence-corrected chi connectivity index (χ3v) is 9.32. The molecule has 17 nitrogen and oxygen atoms in total. The molecule has 0 radical (unpaired) electrons. The standard InChI is InChI=1S/C32H27BCl2F3N5O12/c34-20-13(3-5-16(37)23(20)44)27(47)39-6-1-7-42-8-9-43(30(50)29(42)49)32(53)41-22(14-11-17(38)24(45)25(46)21(14)35)28(48)40-18-10-12-2-4-15(36)19(31(51)52)26(12)55-33(18)54/h2-5,11,18,22,44-46,54H,1,6-10H2,(H,39,47)(H,40,48)(H,41,53)(H,51,52)/t18-,22?/m0/s1. The van der Waals surface area contributed by atoms with Gasteiger partial charge < -0.3 is 51.0 Å². The minimum absolute atomic E-state index is 0.0447. The minimum atomic E-state index is -2.10. The summed E-state index contributed by atoms with van der Waals surface area (Å²) in [5, 5.41) is 55.2. The van der Waals surface area contributed by atoms with Crippen LogP contribution in [0.4, 0.5) is 18.0 Å². The van der Waals surface area contributed by atoms with Crippen LogP contribution in [0.5, 0.6) is 23.0 Å². The summed E-state index contributed by atoms with van der Waals surface area (Å²) in [5.74, 6) is -15.3. The van der Waals surface area contributed by atoms with Crippen molar-refractivity contribution in [3.63, 3.8) is 0 Å². The number of nitrogens with zero attached hydrogens (tertiary/aromatic N) is 2. The van der Waals surface area contributed by atoms with Gasteiger partial charge >= 0.3 is 30.9 Å². The molecule has 0 aromatic heterocycles. The van der Waals surface area contributed by atoms with Crippen molar-refractivity contribution < 1.29 is 72.0 Å². The van der Waals surface area contributed by atoms with Crippen molar-refractivity contribution in [1.29, 1.82) is 0 Å². The van der Waals surface area contributed by atoms with E-state index in [1.807, 2.05) is 0 Å².